The summed E-state index contributed by atoms with van der Waals surface area (Å²) in [5.41, 5.74) is 0.753. The van der Waals surface area contributed by atoms with Crippen molar-refractivity contribution in [2.24, 2.45) is 0 Å². The zero-order valence-corrected chi connectivity index (χ0v) is 22.4. The molecular formula is C26H19Cl2N5O5S. The van der Waals surface area contributed by atoms with E-state index in [2.05, 4.69) is 19.9 Å². The van der Waals surface area contributed by atoms with Crippen molar-refractivity contribution in [1.82, 2.24) is 19.9 Å². The van der Waals surface area contributed by atoms with Crippen LogP contribution in [0.2, 0.25) is 10.0 Å². The van der Waals surface area contributed by atoms with Gasteiger partial charge in [-0.25, -0.2) is 28.4 Å². The summed E-state index contributed by atoms with van der Waals surface area (Å²) in [7, 11) is -4.13. The molecule has 2 heterocycles. The van der Waals surface area contributed by atoms with E-state index in [9.17, 15) is 22.8 Å². The summed E-state index contributed by atoms with van der Waals surface area (Å²) in [6.07, 6.45) is 4.86. The van der Waals surface area contributed by atoms with Crippen LogP contribution in [0, 0.1) is 0 Å². The summed E-state index contributed by atoms with van der Waals surface area (Å²) in [6, 6.07) is 13.3. The first-order valence-corrected chi connectivity index (χ1v) is 13.7. The van der Waals surface area contributed by atoms with Crippen LogP contribution in [0.1, 0.15) is 33.2 Å². The number of rotatable bonds is 10. The van der Waals surface area contributed by atoms with Gasteiger partial charge in [0.2, 0.25) is 17.5 Å². The van der Waals surface area contributed by atoms with E-state index in [0.717, 1.165) is 0 Å². The van der Waals surface area contributed by atoms with E-state index < -0.39 is 39.5 Å². The Morgan fingerprint density at radius 3 is 1.97 bits per heavy atom. The van der Waals surface area contributed by atoms with Crippen LogP contribution >= 0.6 is 23.2 Å². The number of carbonyl (C=O) groups is 3. The van der Waals surface area contributed by atoms with Crippen molar-refractivity contribution in [3.63, 3.8) is 0 Å². The van der Waals surface area contributed by atoms with Crippen LogP contribution in [-0.2, 0) is 21.2 Å². The fourth-order valence-electron chi connectivity index (χ4n) is 3.51. The molecule has 0 N–H and O–H groups in total. The maximum atomic E-state index is 13.4. The van der Waals surface area contributed by atoms with Crippen LogP contribution in [0.5, 0.6) is 0 Å². The fourth-order valence-corrected chi connectivity index (χ4v) is 5.06. The van der Waals surface area contributed by atoms with Gasteiger partial charge >= 0.3 is 0 Å². The van der Waals surface area contributed by atoms with Crippen molar-refractivity contribution >= 4 is 56.2 Å². The molecule has 0 aliphatic rings. The van der Waals surface area contributed by atoms with E-state index in [1.807, 2.05) is 0 Å². The van der Waals surface area contributed by atoms with E-state index in [0.29, 0.717) is 10.6 Å². The van der Waals surface area contributed by atoms with E-state index in [1.54, 1.807) is 18.2 Å². The lowest BCUT2D eigenvalue weighted by Crippen LogP contribution is -2.32. The van der Waals surface area contributed by atoms with Crippen molar-refractivity contribution in [3.8, 4) is 0 Å². The number of sulfone groups is 1. The number of amides is 1. The monoisotopic (exact) mass is 583 g/mol. The second-order valence-electron chi connectivity index (χ2n) is 8.15. The minimum absolute atomic E-state index is 0.0566. The molecule has 39 heavy (non-hydrogen) atoms. The second-order valence-corrected chi connectivity index (χ2v) is 11.0. The Kier molecular flexibility index (Phi) is 8.75. The molecule has 4 aromatic rings. The number of halogens is 2. The van der Waals surface area contributed by atoms with Crippen LogP contribution < -0.4 is 4.90 Å². The largest absolute Gasteiger partial charge is 0.308 e. The van der Waals surface area contributed by atoms with Crippen molar-refractivity contribution < 1.29 is 22.8 Å². The molecule has 0 atom stereocenters. The van der Waals surface area contributed by atoms with Gasteiger partial charge in [-0.15, -0.1) is 0 Å². The zero-order valence-electron chi connectivity index (χ0n) is 20.1. The van der Waals surface area contributed by atoms with Crippen LogP contribution in [0.25, 0.3) is 0 Å². The molecule has 10 nitrogen and oxygen atoms in total. The molecule has 1 amide bonds. The van der Waals surface area contributed by atoms with Crippen molar-refractivity contribution in [2.45, 2.75) is 17.9 Å². The summed E-state index contributed by atoms with van der Waals surface area (Å²) >= 11 is 12.2. The van der Waals surface area contributed by atoms with Crippen molar-refractivity contribution in [2.75, 3.05) is 10.7 Å². The van der Waals surface area contributed by atoms with Crippen LogP contribution in [-0.4, -0.2) is 51.6 Å². The first-order valence-electron chi connectivity index (χ1n) is 11.3. The predicted octanol–water partition coefficient (Wildman–Crippen LogP) is 4.04. The highest BCUT2D eigenvalue weighted by Gasteiger charge is 2.26. The van der Waals surface area contributed by atoms with Crippen molar-refractivity contribution in [1.29, 1.82) is 0 Å². The summed E-state index contributed by atoms with van der Waals surface area (Å²) < 4.78 is 26.2. The molecule has 4 rings (SSSR count). The third-order valence-electron chi connectivity index (χ3n) is 5.38. The average molecular weight is 584 g/mol. The second kappa shape index (κ2) is 12.2. The summed E-state index contributed by atoms with van der Waals surface area (Å²) in [4.78, 5) is 54.9. The normalized spacial score (nSPS) is 11.1. The van der Waals surface area contributed by atoms with E-state index >= 15 is 0 Å². The van der Waals surface area contributed by atoms with Gasteiger partial charge < -0.3 is 4.90 Å². The van der Waals surface area contributed by atoms with Crippen LogP contribution in [0.15, 0.2) is 84.3 Å². The quantitative estimate of drug-likeness (QED) is 0.200. The Hall–Kier alpha value is -4.06. The summed E-state index contributed by atoms with van der Waals surface area (Å²) in [5, 5.41) is 0.572. The van der Waals surface area contributed by atoms with Gasteiger partial charge in [-0.2, -0.15) is 0 Å². The van der Waals surface area contributed by atoms with E-state index in [1.165, 1.54) is 66.1 Å². The van der Waals surface area contributed by atoms with E-state index in [-0.39, 0.29) is 33.8 Å². The summed E-state index contributed by atoms with van der Waals surface area (Å²) in [6.45, 7) is -0.0566. The molecule has 2 aromatic heterocycles. The Bertz CT molecular complexity index is 1640. The maximum absolute atomic E-state index is 13.4. The topological polar surface area (TPSA) is 140 Å². The molecule has 13 heteroatoms. The molecule has 2 aromatic carbocycles. The molecule has 0 saturated carbocycles. The van der Waals surface area contributed by atoms with Gasteiger partial charge in [0.1, 0.15) is 5.75 Å². The Morgan fingerprint density at radius 1 is 0.744 bits per heavy atom. The number of benzene rings is 2. The van der Waals surface area contributed by atoms with Gasteiger partial charge in [-0.1, -0.05) is 35.3 Å². The number of ketones is 2. The van der Waals surface area contributed by atoms with E-state index in [4.69, 9.17) is 23.2 Å². The molecule has 0 saturated heterocycles. The SMILES string of the molecule is O=C(CC(=O)N(Cc1ccc(Cl)c(Cl)c1)c1cccc(S(=O)(=O)CC(=O)c2ncccn2)c1)c1ncccn1. The minimum atomic E-state index is -4.13. The lowest BCUT2D eigenvalue weighted by atomic mass is 10.1. The lowest BCUT2D eigenvalue weighted by Gasteiger charge is -2.23. The van der Waals surface area contributed by atoms with Crippen LogP contribution in [0.3, 0.4) is 0 Å². The zero-order chi connectivity index (χ0) is 28.0. The van der Waals surface area contributed by atoms with Crippen molar-refractivity contribution in [3.05, 3.63) is 107 Å². The molecule has 0 radical (unpaired) electrons. The average Bonchev–Trinajstić information content (AvgIpc) is 2.94. The van der Waals surface area contributed by atoms with Gasteiger partial charge in [0.05, 0.1) is 27.9 Å². The number of carbonyl (C=O) groups excluding carboxylic acids is 3. The van der Waals surface area contributed by atoms with Crippen LogP contribution in [0.4, 0.5) is 5.69 Å². The lowest BCUT2D eigenvalue weighted by molar-refractivity contribution is -0.117. The molecule has 0 unspecified atom stereocenters. The number of Topliss-reactive ketones (excluding diaryl/α,β-unsaturated/α-hetero) is 2. The summed E-state index contributed by atoms with van der Waals surface area (Å²) in [5.74, 6) is -3.25. The number of aromatic nitrogens is 4. The Morgan fingerprint density at radius 2 is 1.36 bits per heavy atom. The number of hydrogen-bond acceptors (Lipinski definition) is 9. The first kappa shape index (κ1) is 28.0. The smallest absolute Gasteiger partial charge is 0.235 e. The third kappa shape index (κ3) is 7.08. The number of anilines is 1. The predicted molar refractivity (Wildman–Crippen MR) is 143 cm³/mol. The molecule has 0 aliphatic carbocycles. The van der Waals surface area contributed by atoms with Gasteiger partial charge in [-0.05, 0) is 48.0 Å². The molecule has 198 valence electrons. The Labute approximate surface area is 233 Å². The van der Waals surface area contributed by atoms with Gasteiger partial charge in [-0.3, -0.25) is 14.4 Å². The Balaban J connectivity index is 1.65. The molecule has 0 spiro atoms. The molecule has 0 aliphatic heterocycles. The van der Waals surface area contributed by atoms with Gasteiger partial charge in [0, 0.05) is 30.5 Å². The molecule has 0 bridgehead atoms. The highest BCUT2D eigenvalue weighted by Crippen LogP contribution is 2.27. The fraction of sp³-hybridized carbons (Fsp3) is 0.115. The highest BCUT2D eigenvalue weighted by atomic mass is 35.5. The number of nitrogens with zero attached hydrogens (tertiary/aromatic N) is 5. The minimum Gasteiger partial charge on any atom is -0.308 e. The number of hydrogen-bond donors (Lipinski definition) is 0. The maximum Gasteiger partial charge on any atom is 0.235 e. The highest BCUT2D eigenvalue weighted by molar-refractivity contribution is 7.92. The molecular weight excluding hydrogens is 565 g/mol. The van der Waals surface area contributed by atoms with Gasteiger partial charge in [0.15, 0.2) is 21.5 Å². The standard InChI is InChI=1S/C26H19Cl2N5O5S/c27-20-7-6-17(12-21(20)28)15-33(24(36)14-22(34)25-29-8-2-9-30-25)18-4-1-5-19(13-18)39(37,38)16-23(35)26-31-10-3-11-32-26/h1-13H,14-16H2. The van der Waals surface area contributed by atoms with Gasteiger partial charge in [0.25, 0.3) is 0 Å². The third-order valence-corrected chi connectivity index (χ3v) is 7.73. The first-order chi connectivity index (χ1) is 18.6. The molecule has 0 fully saturated rings.